The maximum Gasteiger partial charge on any atom is 0.246 e. The monoisotopic (exact) mass is 446 g/mol. The highest BCUT2D eigenvalue weighted by Crippen LogP contribution is 2.29. The average molecular weight is 447 g/mol. The van der Waals surface area contributed by atoms with Gasteiger partial charge >= 0.3 is 0 Å². The first-order chi connectivity index (χ1) is 12.9. The van der Waals surface area contributed by atoms with Crippen LogP contribution in [-0.4, -0.2) is 47.8 Å². The van der Waals surface area contributed by atoms with Gasteiger partial charge in [-0.25, -0.2) is 0 Å². The van der Waals surface area contributed by atoms with Gasteiger partial charge in [0.2, 0.25) is 11.8 Å². The van der Waals surface area contributed by atoms with Crippen LogP contribution in [0.4, 0.5) is 0 Å². The van der Waals surface area contributed by atoms with Crippen molar-refractivity contribution in [2.24, 2.45) is 5.92 Å². The Hall–Kier alpha value is -1.92. The standard InChI is InChI=1S/C21H23BrN2O2S/c1-15(2)21(26)24-13-11-23(12-14-24)20(25)10-8-18-7-9-19(27-18)16-3-5-17(22)6-4-16/h3-10,15H,11-14H2,1-2H3/b10-8+. The minimum absolute atomic E-state index is 0.00485. The lowest BCUT2D eigenvalue weighted by Gasteiger charge is -2.35. The van der Waals surface area contributed by atoms with Crippen LogP contribution in [0.15, 0.2) is 46.9 Å². The van der Waals surface area contributed by atoms with Crippen LogP contribution >= 0.6 is 27.3 Å². The van der Waals surface area contributed by atoms with Crippen molar-refractivity contribution in [2.75, 3.05) is 26.2 Å². The lowest BCUT2D eigenvalue weighted by atomic mass is 10.1. The molecule has 1 aliphatic heterocycles. The molecule has 0 spiro atoms. The molecule has 0 unspecified atom stereocenters. The Labute approximate surface area is 172 Å². The number of hydrogen-bond acceptors (Lipinski definition) is 3. The van der Waals surface area contributed by atoms with Crippen LogP contribution in [0.2, 0.25) is 0 Å². The molecule has 1 saturated heterocycles. The van der Waals surface area contributed by atoms with E-state index in [0.717, 1.165) is 9.35 Å². The van der Waals surface area contributed by atoms with Crippen molar-refractivity contribution in [3.8, 4) is 10.4 Å². The molecule has 1 aromatic heterocycles. The number of rotatable bonds is 4. The second kappa shape index (κ2) is 8.85. The smallest absolute Gasteiger partial charge is 0.246 e. The van der Waals surface area contributed by atoms with E-state index in [-0.39, 0.29) is 17.7 Å². The molecule has 0 saturated carbocycles. The fraction of sp³-hybridized carbons (Fsp3) is 0.333. The molecular formula is C21H23BrN2O2S. The van der Waals surface area contributed by atoms with Crippen LogP contribution in [0.1, 0.15) is 18.7 Å². The van der Waals surface area contributed by atoms with Gasteiger partial charge in [0.05, 0.1) is 0 Å². The van der Waals surface area contributed by atoms with Crippen molar-refractivity contribution in [1.82, 2.24) is 9.80 Å². The molecule has 2 heterocycles. The molecule has 142 valence electrons. The molecule has 1 fully saturated rings. The lowest BCUT2D eigenvalue weighted by molar-refractivity contribution is -0.139. The summed E-state index contributed by atoms with van der Waals surface area (Å²) in [6.07, 6.45) is 3.51. The highest BCUT2D eigenvalue weighted by Gasteiger charge is 2.24. The Morgan fingerprint density at radius 3 is 2.26 bits per heavy atom. The largest absolute Gasteiger partial charge is 0.339 e. The van der Waals surface area contributed by atoms with Gasteiger partial charge in [-0.3, -0.25) is 9.59 Å². The second-order valence-corrected chi connectivity index (χ2v) is 8.88. The highest BCUT2D eigenvalue weighted by molar-refractivity contribution is 9.10. The Bertz CT molecular complexity index is 834. The third kappa shape index (κ3) is 5.08. The lowest BCUT2D eigenvalue weighted by Crippen LogP contribution is -2.51. The SMILES string of the molecule is CC(C)C(=O)N1CCN(C(=O)/C=C/c2ccc(-c3ccc(Br)cc3)s2)CC1. The molecule has 1 aromatic carbocycles. The first kappa shape index (κ1) is 19.8. The fourth-order valence-corrected chi connectivity index (χ4v) is 4.16. The zero-order chi connectivity index (χ0) is 19.4. The van der Waals surface area contributed by atoms with Gasteiger partial charge in [0.25, 0.3) is 0 Å². The van der Waals surface area contributed by atoms with Crippen LogP contribution < -0.4 is 0 Å². The summed E-state index contributed by atoms with van der Waals surface area (Å²) < 4.78 is 1.06. The van der Waals surface area contributed by atoms with E-state index in [0.29, 0.717) is 26.2 Å². The molecule has 4 nitrogen and oxygen atoms in total. The van der Waals surface area contributed by atoms with Crippen molar-refractivity contribution >= 4 is 45.2 Å². The maximum absolute atomic E-state index is 12.4. The molecule has 6 heteroatoms. The first-order valence-electron chi connectivity index (χ1n) is 9.05. The topological polar surface area (TPSA) is 40.6 Å². The first-order valence-corrected chi connectivity index (χ1v) is 10.7. The summed E-state index contributed by atoms with van der Waals surface area (Å²) in [4.78, 5) is 30.3. The maximum atomic E-state index is 12.4. The fourth-order valence-electron chi connectivity index (χ4n) is 2.98. The van der Waals surface area contributed by atoms with E-state index in [1.54, 1.807) is 17.4 Å². The third-order valence-electron chi connectivity index (χ3n) is 4.54. The Balaban J connectivity index is 1.56. The Kier molecular flexibility index (Phi) is 6.50. The molecule has 0 N–H and O–H groups in total. The molecule has 2 aromatic rings. The number of thiophene rings is 1. The zero-order valence-electron chi connectivity index (χ0n) is 15.5. The van der Waals surface area contributed by atoms with E-state index in [2.05, 4.69) is 34.1 Å². The van der Waals surface area contributed by atoms with Gasteiger partial charge in [-0.05, 0) is 35.9 Å². The number of piperazine rings is 1. The normalized spacial score (nSPS) is 15.0. The van der Waals surface area contributed by atoms with E-state index in [9.17, 15) is 9.59 Å². The molecule has 2 amide bonds. The average Bonchev–Trinajstić information content (AvgIpc) is 3.15. The third-order valence-corrected chi connectivity index (χ3v) is 6.17. The second-order valence-electron chi connectivity index (χ2n) is 6.85. The Morgan fingerprint density at radius 1 is 1.00 bits per heavy atom. The molecule has 0 atom stereocenters. The van der Waals surface area contributed by atoms with E-state index < -0.39 is 0 Å². The molecular weight excluding hydrogens is 424 g/mol. The van der Waals surface area contributed by atoms with Crippen LogP contribution in [-0.2, 0) is 9.59 Å². The van der Waals surface area contributed by atoms with Gasteiger partial charge in [0.15, 0.2) is 0 Å². The van der Waals surface area contributed by atoms with E-state index in [4.69, 9.17) is 0 Å². The zero-order valence-corrected chi connectivity index (χ0v) is 17.9. The number of carbonyl (C=O) groups is 2. The number of carbonyl (C=O) groups excluding carboxylic acids is 2. The highest BCUT2D eigenvalue weighted by atomic mass is 79.9. The number of nitrogens with zero attached hydrogens (tertiary/aromatic N) is 2. The van der Waals surface area contributed by atoms with Crippen LogP contribution in [0.5, 0.6) is 0 Å². The molecule has 0 bridgehead atoms. The van der Waals surface area contributed by atoms with Crippen LogP contribution in [0, 0.1) is 5.92 Å². The molecule has 0 aliphatic carbocycles. The van der Waals surface area contributed by atoms with Gasteiger partial charge < -0.3 is 9.80 Å². The van der Waals surface area contributed by atoms with E-state index >= 15 is 0 Å². The van der Waals surface area contributed by atoms with E-state index in [1.807, 2.05) is 47.9 Å². The van der Waals surface area contributed by atoms with Crippen molar-refractivity contribution in [3.63, 3.8) is 0 Å². The molecule has 1 aliphatic rings. The summed E-state index contributed by atoms with van der Waals surface area (Å²) in [5.74, 6) is 0.174. The summed E-state index contributed by atoms with van der Waals surface area (Å²) in [5, 5.41) is 0. The summed E-state index contributed by atoms with van der Waals surface area (Å²) in [6.45, 7) is 6.23. The summed E-state index contributed by atoms with van der Waals surface area (Å²) in [6, 6.07) is 12.3. The van der Waals surface area contributed by atoms with Gasteiger partial charge in [0, 0.05) is 52.4 Å². The summed E-state index contributed by atoms with van der Waals surface area (Å²) in [5.41, 5.74) is 1.17. The predicted molar refractivity (Wildman–Crippen MR) is 114 cm³/mol. The van der Waals surface area contributed by atoms with Crippen molar-refractivity contribution in [1.29, 1.82) is 0 Å². The number of benzene rings is 1. The summed E-state index contributed by atoms with van der Waals surface area (Å²) >= 11 is 5.11. The molecule has 0 radical (unpaired) electrons. The molecule has 27 heavy (non-hydrogen) atoms. The van der Waals surface area contributed by atoms with Gasteiger partial charge in [-0.2, -0.15) is 0 Å². The molecule has 3 rings (SSSR count). The van der Waals surface area contributed by atoms with Crippen LogP contribution in [0.25, 0.3) is 16.5 Å². The number of hydrogen-bond donors (Lipinski definition) is 0. The van der Waals surface area contributed by atoms with Gasteiger partial charge in [-0.1, -0.05) is 41.9 Å². The van der Waals surface area contributed by atoms with Crippen molar-refractivity contribution in [2.45, 2.75) is 13.8 Å². The van der Waals surface area contributed by atoms with Gasteiger partial charge in [0.1, 0.15) is 0 Å². The van der Waals surface area contributed by atoms with E-state index in [1.165, 1.54) is 10.4 Å². The van der Waals surface area contributed by atoms with Crippen LogP contribution in [0.3, 0.4) is 0 Å². The Morgan fingerprint density at radius 2 is 1.63 bits per heavy atom. The summed E-state index contributed by atoms with van der Waals surface area (Å²) in [7, 11) is 0. The minimum Gasteiger partial charge on any atom is -0.339 e. The number of halogens is 1. The van der Waals surface area contributed by atoms with Crippen molar-refractivity contribution in [3.05, 3.63) is 51.8 Å². The minimum atomic E-state index is 0.00485. The quantitative estimate of drug-likeness (QED) is 0.647. The van der Waals surface area contributed by atoms with Crippen molar-refractivity contribution < 1.29 is 9.59 Å². The predicted octanol–water partition coefficient (Wildman–Crippen LogP) is 4.52. The van der Waals surface area contributed by atoms with Gasteiger partial charge in [-0.15, -0.1) is 11.3 Å². The number of amides is 2.